The van der Waals surface area contributed by atoms with Crippen molar-refractivity contribution in [3.8, 4) is 17.2 Å². The molecule has 0 fully saturated rings. The third-order valence-corrected chi connectivity index (χ3v) is 4.53. The van der Waals surface area contributed by atoms with Crippen molar-refractivity contribution in [3.63, 3.8) is 0 Å². The first-order valence-corrected chi connectivity index (χ1v) is 8.78. The Bertz CT molecular complexity index is 923. The van der Waals surface area contributed by atoms with Crippen molar-refractivity contribution >= 4 is 11.6 Å². The molecular weight excluding hydrogens is 340 g/mol. The van der Waals surface area contributed by atoms with Crippen molar-refractivity contribution in [1.29, 1.82) is 0 Å². The first kappa shape index (κ1) is 18.6. The summed E-state index contributed by atoms with van der Waals surface area (Å²) in [5.74, 6) is 1.24. The fourth-order valence-electron chi connectivity index (χ4n) is 3.15. The molecule has 0 bridgehead atoms. The van der Waals surface area contributed by atoms with Gasteiger partial charge in [-0.1, -0.05) is 6.07 Å². The summed E-state index contributed by atoms with van der Waals surface area (Å²) in [6, 6.07) is 17.5. The van der Waals surface area contributed by atoms with Crippen molar-refractivity contribution in [2.45, 2.75) is 20.3 Å². The van der Waals surface area contributed by atoms with Crippen LogP contribution in [0.25, 0.3) is 5.69 Å². The molecule has 1 aromatic heterocycles. The van der Waals surface area contributed by atoms with E-state index in [-0.39, 0.29) is 12.3 Å². The van der Waals surface area contributed by atoms with Gasteiger partial charge >= 0.3 is 0 Å². The van der Waals surface area contributed by atoms with E-state index in [2.05, 4.69) is 35.9 Å². The highest BCUT2D eigenvalue weighted by molar-refractivity contribution is 5.92. The van der Waals surface area contributed by atoms with Crippen LogP contribution in [-0.2, 0) is 11.2 Å². The van der Waals surface area contributed by atoms with Crippen LogP contribution in [0.1, 0.15) is 17.0 Å². The second-order valence-corrected chi connectivity index (χ2v) is 6.40. The Kier molecular flexibility index (Phi) is 5.50. The number of amides is 1. The molecule has 140 valence electrons. The molecule has 1 heterocycles. The Balaban J connectivity index is 1.70. The Hall–Kier alpha value is -3.21. The minimum atomic E-state index is -0.0976. The molecule has 3 aromatic rings. The summed E-state index contributed by atoms with van der Waals surface area (Å²) in [5.41, 5.74) is 5.00. The highest BCUT2D eigenvalue weighted by Crippen LogP contribution is 2.25. The number of carbonyl (C=O) groups is 1. The Morgan fingerprint density at radius 1 is 0.926 bits per heavy atom. The molecule has 2 aromatic carbocycles. The van der Waals surface area contributed by atoms with Crippen molar-refractivity contribution in [2.24, 2.45) is 0 Å². The van der Waals surface area contributed by atoms with Crippen molar-refractivity contribution in [3.05, 3.63) is 71.5 Å². The van der Waals surface area contributed by atoms with Crippen LogP contribution in [0.2, 0.25) is 0 Å². The lowest BCUT2D eigenvalue weighted by Crippen LogP contribution is -2.15. The van der Waals surface area contributed by atoms with Crippen LogP contribution in [0.5, 0.6) is 11.5 Å². The maximum Gasteiger partial charge on any atom is 0.228 e. The van der Waals surface area contributed by atoms with Crippen LogP contribution in [0.3, 0.4) is 0 Å². The standard InChI is InChI=1S/C22H24N2O3/c1-15-5-6-16(2)24(15)19-10-8-18(9-11-19)23-22(25)13-17-7-12-20(26-3)14-21(17)27-4/h5-12,14H,13H2,1-4H3,(H,23,25). The molecule has 0 aliphatic rings. The molecule has 0 radical (unpaired) electrons. The van der Waals surface area contributed by atoms with Crippen molar-refractivity contribution in [1.82, 2.24) is 4.57 Å². The molecule has 5 heteroatoms. The number of ether oxygens (including phenoxy) is 2. The number of carbonyl (C=O) groups excluding carboxylic acids is 1. The average Bonchev–Trinajstić information content (AvgIpc) is 3.01. The maximum absolute atomic E-state index is 12.4. The zero-order valence-corrected chi connectivity index (χ0v) is 16.1. The maximum atomic E-state index is 12.4. The summed E-state index contributed by atoms with van der Waals surface area (Å²) in [6.07, 6.45) is 0.227. The van der Waals surface area contributed by atoms with E-state index >= 15 is 0 Å². The molecule has 0 unspecified atom stereocenters. The van der Waals surface area contributed by atoms with Gasteiger partial charge in [0, 0.05) is 34.4 Å². The zero-order chi connectivity index (χ0) is 19.4. The predicted molar refractivity (Wildman–Crippen MR) is 107 cm³/mol. The van der Waals surface area contributed by atoms with Gasteiger partial charge in [0.1, 0.15) is 11.5 Å². The van der Waals surface area contributed by atoms with E-state index in [1.807, 2.05) is 36.4 Å². The van der Waals surface area contributed by atoms with Gasteiger partial charge in [0.2, 0.25) is 5.91 Å². The largest absolute Gasteiger partial charge is 0.497 e. The van der Waals surface area contributed by atoms with E-state index in [0.717, 1.165) is 16.9 Å². The molecule has 1 N–H and O–H groups in total. The minimum Gasteiger partial charge on any atom is -0.497 e. The number of rotatable bonds is 6. The summed E-state index contributed by atoms with van der Waals surface area (Å²) in [6.45, 7) is 4.15. The molecule has 0 atom stereocenters. The van der Waals surface area contributed by atoms with Crippen molar-refractivity contribution in [2.75, 3.05) is 19.5 Å². The number of anilines is 1. The smallest absolute Gasteiger partial charge is 0.228 e. The van der Waals surface area contributed by atoms with Crippen LogP contribution in [0, 0.1) is 13.8 Å². The lowest BCUT2D eigenvalue weighted by atomic mass is 10.1. The summed E-state index contributed by atoms with van der Waals surface area (Å²) in [7, 11) is 3.18. The van der Waals surface area contributed by atoms with Gasteiger partial charge in [0.05, 0.1) is 20.6 Å². The number of aryl methyl sites for hydroxylation is 2. The van der Waals surface area contributed by atoms with E-state index in [0.29, 0.717) is 11.5 Å². The average molecular weight is 364 g/mol. The minimum absolute atomic E-state index is 0.0976. The molecule has 0 aliphatic heterocycles. The van der Waals surface area contributed by atoms with Gasteiger partial charge in [-0.25, -0.2) is 0 Å². The second-order valence-electron chi connectivity index (χ2n) is 6.40. The fraction of sp³-hybridized carbons (Fsp3) is 0.227. The fourth-order valence-corrected chi connectivity index (χ4v) is 3.15. The van der Waals surface area contributed by atoms with E-state index < -0.39 is 0 Å². The van der Waals surface area contributed by atoms with Gasteiger partial charge in [-0.3, -0.25) is 4.79 Å². The second kappa shape index (κ2) is 7.99. The van der Waals surface area contributed by atoms with Gasteiger partial charge in [0.25, 0.3) is 0 Å². The number of hydrogen-bond donors (Lipinski definition) is 1. The number of nitrogens with zero attached hydrogens (tertiary/aromatic N) is 1. The summed E-state index contributed by atoms with van der Waals surface area (Å²) in [5, 5.41) is 2.94. The van der Waals surface area contributed by atoms with Crippen LogP contribution < -0.4 is 14.8 Å². The molecular formula is C22H24N2O3. The molecule has 0 aliphatic carbocycles. The number of hydrogen-bond acceptors (Lipinski definition) is 3. The lowest BCUT2D eigenvalue weighted by Gasteiger charge is -2.12. The molecule has 5 nitrogen and oxygen atoms in total. The quantitative estimate of drug-likeness (QED) is 0.710. The van der Waals surface area contributed by atoms with Gasteiger partial charge in [-0.05, 0) is 56.3 Å². The number of aromatic nitrogens is 1. The zero-order valence-electron chi connectivity index (χ0n) is 16.1. The number of nitrogens with one attached hydrogen (secondary N) is 1. The third-order valence-electron chi connectivity index (χ3n) is 4.53. The van der Waals surface area contributed by atoms with E-state index in [1.54, 1.807) is 20.3 Å². The summed E-state index contributed by atoms with van der Waals surface area (Å²) >= 11 is 0. The monoisotopic (exact) mass is 364 g/mol. The van der Waals surface area contributed by atoms with Gasteiger partial charge < -0.3 is 19.4 Å². The molecule has 0 saturated carbocycles. The highest BCUT2D eigenvalue weighted by Gasteiger charge is 2.11. The molecule has 0 spiro atoms. The van der Waals surface area contributed by atoms with Gasteiger partial charge in [0.15, 0.2) is 0 Å². The van der Waals surface area contributed by atoms with E-state index in [4.69, 9.17) is 9.47 Å². The first-order valence-electron chi connectivity index (χ1n) is 8.78. The predicted octanol–water partition coefficient (Wildman–Crippen LogP) is 4.29. The topological polar surface area (TPSA) is 52.5 Å². The van der Waals surface area contributed by atoms with Crippen LogP contribution in [-0.4, -0.2) is 24.7 Å². The normalized spacial score (nSPS) is 10.5. The molecule has 0 saturated heterocycles. The van der Waals surface area contributed by atoms with Crippen LogP contribution in [0.4, 0.5) is 5.69 Å². The SMILES string of the molecule is COc1ccc(CC(=O)Nc2ccc(-n3c(C)ccc3C)cc2)c(OC)c1. The molecule has 3 rings (SSSR count). The molecule has 27 heavy (non-hydrogen) atoms. The number of benzene rings is 2. The van der Waals surface area contributed by atoms with E-state index in [1.165, 1.54) is 11.4 Å². The lowest BCUT2D eigenvalue weighted by molar-refractivity contribution is -0.115. The molecule has 1 amide bonds. The van der Waals surface area contributed by atoms with E-state index in [9.17, 15) is 4.79 Å². The van der Waals surface area contributed by atoms with Crippen LogP contribution in [0.15, 0.2) is 54.6 Å². The van der Waals surface area contributed by atoms with Gasteiger partial charge in [-0.2, -0.15) is 0 Å². The van der Waals surface area contributed by atoms with Crippen LogP contribution >= 0.6 is 0 Å². The Labute approximate surface area is 159 Å². The Morgan fingerprint density at radius 3 is 2.19 bits per heavy atom. The third kappa shape index (κ3) is 4.14. The Morgan fingerprint density at radius 2 is 1.59 bits per heavy atom. The van der Waals surface area contributed by atoms with Gasteiger partial charge in [-0.15, -0.1) is 0 Å². The highest BCUT2D eigenvalue weighted by atomic mass is 16.5. The first-order chi connectivity index (χ1) is 13.0. The summed E-state index contributed by atoms with van der Waals surface area (Å²) < 4.78 is 12.7. The van der Waals surface area contributed by atoms with Crippen molar-refractivity contribution < 1.29 is 14.3 Å². The summed E-state index contributed by atoms with van der Waals surface area (Å²) in [4.78, 5) is 12.4. The number of methoxy groups -OCH3 is 2.